The zero-order valence-corrected chi connectivity index (χ0v) is 22.8. The summed E-state index contributed by atoms with van der Waals surface area (Å²) in [6.07, 6.45) is 1.52. The number of rotatable bonds is 3. The summed E-state index contributed by atoms with van der Waals surface area (Å²) in [4.78, 5) is 40.9. The number of benzene rings is 2. The number of nitrogens with zero attached hydrogens (tertiary/aromatic N) is 6. The molecule has 2 bridgehead atoms. The number of nitrogen functional groups attached to an aromatic ring is 1. The lowest BCUT2D eigenvalue weighted by atomic mass is 10.2. The van der Waals surface area contributed by atoms with Gasteiger partial charge in [-0.2, -0.15) is 10.1 Å². The van der Waals surface area contributed by atoms with Crippen molar-refractivity contribution in [3.05, 3.63) is 72.2 Å². The number of amides is 2. The van der Waals surface area contributed by atoms with Crippen molar-refractivity contribution in [1.29, 1.82) is 0 Å². The molecule has 1 aliphatic rings. The van der Waals surface area contributed by atoms with E-state index in [1.807, 2.05) is 37.3 Å². The molecule has 0 unspecified atom stereocenters. The number of nitrogens with one attached hydrogen (secondary N) is 2. The van der Waals surface area contributed by atoms with Gasteiger partial charge in [-0.05, 0) is 31.2 Å². The van der Waals surface area contributed by atoms with E-state index in [2.05, 4.69) is 20.6 Å². The van der Waals surface area contributed by atoms with Crippen LogP contribution in [0.4, 0.5) is 11.8 Å². The van der Waals surface area contributed by atoms with Crippen LogP contribution in [-0.2, 0) is 11.3 Å². The van der Waals surface area contributed by atoms with E-state index in [1.54, 1.807) is 33.8 Å². The van der Waals surface area contributed by atoms with Crippen molar-refractivity contribution in [1.82, 2.24) is 35.4 Å². The molecule has 4 aromatic rings. The highest BCUT2D eigenvalue weighted by molar-refractivity contribution is 5.95. The number of fused-ring (bicyclic) bond motifs is 3. The molecule has 41 heavy (non-hydrogen) atoms. The van der Waals surface area contributed by atoms with Crippen LogP contribution >= 0.6 is 0 Å². The van der Waals surface area contributed by atoms with Crippen LogP contribution < -0.4 is 30.7 Å². The molecule has 0 spiro atoms. The molecular formula is C28H31N9O4. The molecule has 1 atom stereocenters. The number of carbonyl (C=O) groups is 2. The van der Waals surface area contributed by atoms with E-state index in [1.165, 1.54) is 13.3 Å². The molecule has 2 aromatic heterocycles. The van der Waals surface area contributed by atoms with Crippen LogP contribution in [0.15, 0.2) is 60.8 Å². The monoisotopic (exact) mass is 557 g/mol. The van der Waals surface area contributed by atoms with Gasteiger partial charge in [-0.1, -0.05) is 30.3 Å². The number of methoxy groups -OCH3 is 1. The predicted octanol–water partition coefficient (Wildman–Crippen LogP) is 1.83. The fraction of sp³-hybridized carbons (Fsp3) is 0.286. The summed E-state index contributed by atoms with van der Waals surface area (Å²) in [5, 5.41) is 10.6. The normalized spacial score (nSPS) is 16.5. The Balaban J connectivity index is 1.49. The third kappa shape index (κ3) is 6.52. The maximum absolute atomic E-state index is 13.2. The molecule has 13 heteroatoms. The van der Waals surface area contributed by atoms with E-state index in [9.17, 15) is 9.59 Å². The summed E-state index contributed by atoms with van der Waals surface area (Å²) in [6, 6.07) is 15.8. The number of nitrogens with two attached hydrogens (primary N) is 1. The number of ether oxygens (including phenoxy) is 2. The summed E-state index contributed by atoms with van der Waals surface area (Å²) in [7, 11) is 1.54. The average Bonchev–Trinajstić information content (AvgIpc) is 3.41. The molecule has 0 aliphatic carbocycles. The first-order valence-electron chi connectivity index (χ1n) is 13.1. The van der Waals surface area contributed by atoms with Crippen molar-refractivity contribution in [2.24, 2.45) is 0 Å². The summed E-state index contributed by atoms with van der Waals surface area (Å²) < 4.78 is 13.2. The molecule has 2 amide bonds. The van der Waals surface area contributed by atoms with Gasteiger partial charge >= 0.3 is 0 Å². The second kappa shape index (κ2) is 12.3. The zero-order valence-electron chi connectivity index (χ0n) is 22.8. The minimum absolute atomic E-state index is 0.0356. The zero-order chi connectivity index (χ0) is 28.8. The van der Waals surface area contributed by atoms with Crippen LogP contribution in [0.25, 0.3) is 11.4 Å². The molecule has 0 fully saturated rings. The Hall–Kier alpha value is -5.20. The highest BCUT2D eigenvalue weighted by Crippen LogP contribution is 2.28. The molecule has 4 N–H and O–H groups in total. The number of anilines is 2. The van der Waals surface area contributed by atoms with Gasteiger partial charge in [-0.3, -0.25) is 9.59 Å². The lowest BCUT2D eigenvalue weighted by Crippen LogP contribution is -2.42. The van der Waals surface area contributed by atoms with Gasteiger partial charge in [-0.25, -0.2) is 14.6 Å². The fourth-order valence-corrected chi connectivity index (χ4v) is 4.47. The van der Waals surface area contributed by atoms with Crippen molar-refractivity contribution < 1.29 is 19.1 Å². The van der Waals surface area contributed by atoms with Gasteiger partial charge in [0.2, 0.25) is 11.9 Å². The SMILES string of the molecule is COc1ccc2cc1OCCn1nc(-c3ccccc3)nc1[C@@H](C)NC(=O)CN(c1ccnc(N)n1)CCNC2=O. The Bertz CT molecular complexity index is 1530. The van der Waals surface area contributed by atoms with Crippen LogP contribution in [0.2, 0.25) is 0 Å². The van der Waals surface area contributed by atoms with E-state index < -0.39 is 6.04 Å². The van der Waals surface area contributed by atoms with Crippen LogP contribution in [0.5, 0.6) is 11.5 Å². The van der Waals surface area contributed by atoms with Crippen molar-refractivity contribution >= 4 is 23.6 Å². The molecule has 0 radical (unpaired) electrons. The maximum atomic E-state index is 13.2. The summed E-state index contributed by atoms with van der Waals surface area (Å²) in [6.45, 7) is 2.89. The topological polar surface area (TPSA) is 162 Å². The number of aromatic nitrogens is 5. The molecule has 2 aromatic carbocycles. The van der Waals surface area contributed by atoms with Crippen molar-refractivity contribution in [3.8, 4) is 22.9 Å². The van der Waals surface area contributed by atoms with Crippen molar-refractivity contribution in [2.75, 3.05) is 44.0 Å². The Labute approximate surface area is 236 Å². The second-order valence-corrected chi connectivity index (χ2v) is 9.34. The largest absolute Gasteiger partial charge is 0.493 e. The van der Waals surface area contributed by atoms with Crippen LogP contribution in [0, 0.1) is 0 Å². The third-order valence-electron chi connectivity index (χ3n) is 6.47. The van der Waals surface area contributed by atoms with Gasteiger partial charge in [-0.15, -0.1) is 0 Å². The molecule has 1 aliphatic heterocycles. The maximum Gasteiger partial charge on any atom is 0.251 e. The lowest BCUT2D eigenvalue weighted by Gasteiger charge is -2.24. The Morgan fingerprint density at radius 1 is 1.05 bits per heavy atom. The molecule has 0 saturated carbocycles. The quantitative estimate of drug-likeness (QED) is 0.339. The van der Waals surface area contributed by atoms with Gasteiger partial charge < -0.3 is 30.7 Å². The number of carbonyl (C=O) groups excluding carboxylic acids is 2. The van der Waals surface area contributed by atoms with E-state index in [0.29, 0.717) is 41.1 Å². The van der Waals surface area contributed by atoms with E-state index in [-0.39, 0.29) is 44.0 Å². The summed E-state index contributed by atoms with van der Waals surface area (Å²) in [5.74, 6) is 2.00. The van der Waals surface area contributed by atoms with Gasteiger partial charge in [0.15, 0.2) is 17.3 Å². The molecule has 212 valence electrons. The third-order valence-corrected chi connectivity index (χ3v) is 6.47. The van der Waals surface area contributed by atoms with E-state index in [4.69, 9.17) is 25.3 Å². The summed E-state index contributed by atoms with van der Waals surface area (Å²) >= 11 is 0. The van der Waals surface area contributed by atoms with Gasteiger partial charge in [0, 0.05) is 30.4 Å². The average molecular weight is 558 g/mol. The van der Waals surface area contributed by atoms with Gasteiger partial charge in [0.05, 0.1) is 26.2 Å². The number of hydrogen-bond acceptors (Lipinski definition) is 10. The van der Waals surface area contributed by atoms with Gasteiger partial charge in [0.25, 0.3) is 5.91 Å². The lowest BCUT2D eigenvalue weighted by molar-refractivity contribution is -0.120. The van der Waals surface area contributed by atoms with E-state index in [0.717, 1.165) is 5.56 Å². The van der Waals surface area contributed by atoms with Gasteiger partial charge in [0.1, 0.15) is 18.2 Å². The Morgan fingerprint density at radius 3 is 2.66 bits per heavy atom. The Kier molecular flexibility index (Phi) is 8.23. The summed E-state index contributed by atoms with van der Waals surface area (Å²) in [5.41, 5.74) is 7.06. The molecule has 3 heterocycles. The van der Waals surface area contributed by atoms with Crippen LogP contribution in [0.3, 0.4) is 0 Å². The predicted molar refractivity (Wildman–Crippen MR) is 151 cm³/mol. The molecule has 13 nitrogen and oxygen atoms in total. The van der Waals surface area contributed by atoms with E-state index >= 15 is 0 Å². The van der Waals surface area contributed by atoms with Crippen molar-refractivity contribution in [2.45, 2.75) is 19.5 Å². The molecule has 5 rings (SSSR count). The minimum atomic E-state index is -0.474. The first-order valence-corrected chi connectivity index (χ1v) is 13.1. The molecule has 0 saturated heterocycles. The first-order chi connectivity index (χ1) is 19.9. The minimum Gasteiger partial charge on any atom is -0.493 e. The van der Waals surface area contributed by atoms with Crippen LogP contribution in [-0.4, -0.2) is 69.9 Å². The number of hydrogen-bond donors (Lipinski definition) is 3. The smallest absolute Gasteiger partial charge is 0.251 e. The highest BCUT2D eigenvalue weighted by atomic mass is 16.5. The first kappa shape index (κ1) is 27.4. The van der Waals surface area contributed by atoms with Crippen molar-refractivity contribution in [3.63, 3.8) is 0 Å². The van der Waals surface area contributed by atoms with Crippen LogP contribution in [0.1, 0.15) is 29.1 Å². The standard InChI is InChI=1S/C28H31N9O4/c1-18-26-34-25(19-6-4-3-5-7-19)35-37(26)14-15-41-22-16-20(8-9-21(22)40-2)27(39)30-12-13-36(17-24(38)32-18)23-10-11-31-28(29)33-23/h3-11,16,18H,12-15,17H2,1-2H3,(H,30,39)(H,32,38)(H2,29,31,33)/t18-/m1/s1. The second-order valence-electron chi connectivity index (χ2n) is 9.34. The molecular weight excluding hydrogens is 526 g/mol. The Morgan fingerprint density at radius 2 is 1.88 bits per heavy atom. The fourth-order valence-electron chi connectivity index (χ4n) is 4.47. The highest BCUT2D eigenvalue weighted by Gasteiger charge is 2.22.